The van der Waals surface area contributed by atoms with E-state index in [1.54, 1.807) is 18.2 Å². The van der Waals surface area contributed by atoms with Gasteiger partial charge in [0, 0.05) is 23.8 Å². The SMILES string of the molecule is CCCOc1ccccc1/C=C/C(=O)Nc1cc(OC)c(Cl)cc1OC. The lowest BCUT2D eigenvalue weighted by atomic mass is 10.2. The molecule has 2 aromatic carbocycles. The number of hydrogen-bond acceptors (Lipinski definition) is 4. The molecular weight excluding hydrogens is 354 g/mol. The number of ether oxygens (including phenoxy) is 3. The fourth-order valence-electron chi connectivity index (χ4n) is 2.26. The number of carbonyl (C=O) groups excluding carboxylic acids is 1. The molecule has 0 unspecified atom stereocenters. The Balaban J connectivity index is 2.15. The number of rotatable bonds is 8. The molecule has 0 atom stereocenters. The van der Waals surface area contributed by atoms with E-state index in [1.807, 2.05) is 31.2 Å². The minimum atomic E-state index is -0.307. The van der Waals surface area contributed by atoms with Gasteiger partial charge in [-0.25, -0.2) is 0 Å². The number of hydrogen-bond donors (Lipinski definition) is 1. The summed E-state index contributed by atoms with van der Waals surface area (Å²) in [6.07, 6.45) is 4.06. The highest BCUT2D eigenvalue weighted by atomic mass is 35.5. The van der Waals surface area contributed by atoms with Crippen molar-refractivity contribution in [2.75, 3.05) is 26.1 Å². The zero-order chi connectivity index (χ0) is 18.9. The van der Waals surface area contributed by atoms with E-state index >= 15 is 0 Å². The molecule has 0 aliphatic rings. The lowest BCUT2D eigenvalue weighted by Crippen LogP contribution is -2.09. The van der Waals surface area contributed by atoms with Gasteiger partial charge in [0.15, 0.2) is 0 Å². The monoisotopic (exact) mass is 375 g/mol. The Morgan fingerprint density at radius 1 is 1.12 bits per heavy atom. The molecule has 138 valence electrons. The molecule has 0 spiro atoms. The van der Waals surface area contributed by atoms with Crippen LogP contribution in [-0.4, -0.2) is 26.7 Å². The van der Waals surface area contributed by atoms with Gasteiger partial charge in [0.2, 0.25) is 5.91 Å². The number of anilines is 1. The van der Waals surface area contributed by atoms with Crippen molar-refractivity contribution in [3.8, 4) is 17.2 Å². The Bertz CT molecular complexity index is 789. The molecule has 1 N–H and O–H groups in total. The summed E-state index contributed by atoms with van der Waals surface area (Å²) >= 11 is 6.07. The Morgan fingerprint density at radius 2 is 1.85 bits per heavy atom. The minimum absolute atomic E-state index is 0.307. The Hall–Kier alpha value is -2.66. The lowest BCUT2D eigenvalue weighted by Gasteiger charge is -2.12. The maximum absolute atomic E-state index is 12.3. The number of carbonyl (C=O) groups is 1. The topological polar surface area (TPSA) is 56.8 Å². The summed E-state index contributed by atoms with van der Waals surface area (Å²) in [5.74, 6) is 1.33. The van der Waals surface area contributed by atoms with Gasteiger partial charge in [0.05, 0.1) is 31.5 Å². The molecule has 0 radical (unpaired) electrons. The number of para-hydroxylation sites is 1. The first-order chi connectivity index (χ1) is 12.6. The van der Waals surface area contributed by atoms with Gasteiger partial charge in [-0.2, -0.15) is 0 Å². The first-order valence-electron chi connectivity index (χ1n) is 8.21. The molecule has 0 fully saturated rings. The molecule has 2 rings (SSSR count). The van der Waals surface area contributed by atoms with Gasteiger partial charge in [0.1, 0.15) is 17.2 Å². The van der Waals surface area contributed by atoms with Gasteiger partial charge in [0.25, 0.3) is 0 Å². The fraction of sp³-hybridized carbons (Fsp3) is 0.250. The zero-order valence-corrected chi connectivity index (χ0v) is 15.8. The van der Waals surface area contributed by atoms with E-state index in [2.05, 4.69) is 5.32 Å². The minimum Gasteiger partial charge on any atom is -0.495 e. The third-order valence-corrected chi connectivity index (χ3v) is 3.82. The summed E-state index contributed by atoms with van der Waals surface area (Å²) in [5, 5.41) is 3.17. The van der Waals surface area contributed by atoms with Crippen LogP contribution in [0.4, 0.5) is 5.69 Å². The van der Waals surface area contributed by atoms with E-state index in [0.29, 0.717) is 28.8 Å². The third-order valence-electron chi connectivity index (χ3n) is 3.53. The van der Waals surface area contributed by atoms with E-state index in [1.165, 1.54) is 20.3 Å². The smallest absolute Gasteiger partial charge is 0.248 e. The van der Waals surface area contributed by atoms with Gasteiger partial charge in [-0.15, -0.1) is 0 Å². The van der Waals surface area contributed by atoms with E-state index in [0.717, 1.165) is 17.7 Å². The van der Waals surface area contributed by atoms with Crippen molar-refractivity contribution in [1.29, 1.82) is 0 Å². The second-order valence-corrected chi connectivity index (χ2v) is 5.80. The van der Waals surface area contributed by atoms with Crippen molar-refractivity contribution in [3.05, 3.63) is 53.1 Å². The van der Waals surface area contributed by atoms with Crippen LogP contribution in [0.15, 0.2) is 42.5 Å². The van der Waals surface area contributed by atoms with Crippen molar-refractivity contribution in [2.24, 2.45) is 0 Å². The molecule has 0 bridgehead atoms. The van der Waals surface area contributed by atoms with Crippen LogP contribution in [0.5, 0.6) is 17.2 Å². The second kappa shape index (κ2) is 9.73. The lowest BCUT2D eigenvalue weighted by molar-refractivity contribution is -0.111. The molecule has 2 aromatic rings. The highest BCUT2D eigenvalue weighted by Gasteiger charge is 2.11. The van der Waals surface area contributed by atoms with Crippen molar-refractivity contribution >= 4 is 29.3 Å². The largest absolute Gasteiger partial charge is 0.495 e. The molecule has 0 aliphatic heterocycles. The van der Waals surface area contributed by atoms with Gasteiger partial charge in [-0.1, -0.05) is 36.7 Å². The zero-order valence-electron chi connectivity index (χ0n) is 15.0. The van der Waals surface area contributed by atoms with Crippen molar-refractivity contribution in [3.63, 3.8) is 0 Å². The first kappa shape index (κ1) is 19.7. The summed E-state index contributed by atoms with van der Waals surface area (Å²) in [4.78, 5) is 12.3. The molecule has 0 aromatic heterocycles. The molecule has 1 amide bonds. The number of amides is 1. The maximum atomic E-state index is 12.3. The van der Waals surface area contributed by atoms with E-state index in [-0.39, 0.29) is 5.91 Å². The van der Waals surface area contributed by atoms with Gasteiger partial charge in [-0.05, 0) is 18.6 Å². The van der Waals surface area contributed by atoms with Crippen LogP contribution in [-0.2, 0) is 4.79 Å². The van der Waals surface area contributed by atoms with Crippen LogP contribution < -0.4 is 19.5 Å². The molecule has 6 heteroatoms. The molecule has 0 saturated carbocycles. The average molecular weight is 376 g/mol. The fourth-order valence-corrected chi connectivity index (χ4v) is 2.49. The predicted molar refractivity (Wildman–Crippen MR) is 104 cm³/mol. The Morgan fingerprint density at radius 3 is 2.54 bits per heavy atom. The van der Waals surface area contributed by atoms with Gasteiger partial charge < -0.3 is 19.5 Å². The van der Waals surface area contributed by atoms with E-state index < -0.39 is 0 Å². The Kier molecular flexibility index (Phi) is 7.36. The second-order valence-electron chi connectivity index (χ2n) is 5.40. The van der Waals surface area contributed by atoms with Gasteiger partial charge >= 0.3 is 0 Å². The van der Waals surface area contributed by atoms with Crippen LogP contribution in [0.3, 0.4) is 0 Å². The van der Waals surface area contributed by atoms with Crippen LogP contribution in [0.1, 0.15) is 18.9 Å². The normalized spacial score (nSPS) is 10.6. The summed E-state index contributed by atoms with van der Waals surface area (Å²) in [5.41, 5.74) is 1.30. The number of nitrogens with one attached hydrogen (secondary N) is 1. The standard InChI is InChI=1S/C20H22ClNO4/c1-4-11-26-17-8-6-5-7-14(17)9-10-20(23)22-16-13-18(24-2)15(21)12-19(16)25-3/h5-10,12-13H,4,11H2,1-3H3,(H,22,23)/b10-9+. The molecule has 0 heterocycles. The summed E-state index contributed by atoms with van der Waals surface area (Å²) < 4.78 is 16.1. The van der Waals surface area contributed by atoms with Crippen LogP contribution in [0.25, 0.3) is 6.08 Å². The third kappa shape index (κ3) is 5.17. The summed E-state index contributed by atoms with van der Waals surface area (Å²) in [7, 11) is 3.01. The number of benzene rings is 2. The quantitative estimate of drug-likeness (QED) is 0.673. The van der Waals surface area contributed by atoms with Crippen molar-refractivity contribution < 1.29 is 19.0 Å². The van der Waals surface area contributed by atoms with E-state index in [9.17, 15) is 4.79 Å². The van der Waals surface area contributed by atoms with Crippen LogP contribution in [0.2, 0.25) is 5.02 Å². The van der Waals surface area contributed by atoms with Crippen LogP contribution in [0, 0.1) is 0 Å². The molecular formula is C20H22ClNO4. The highest BCUT2D eigenvalue weighted by Crippen LogP contribution is 2.35. The van der Waals surface area contributed by atoms with E-state index in [4.69, 9.17) is 25.8 Å². The maximum Gasteiger partial charge on any atom is 0.248 e. The first-order valence-corrected chi connectivity index (χ1v) is 8.59. The van der Waals surface area contributed by atoms with Crippen molar-refractivity contribution in [1.82, 2.24) is 0 Å². The molecule has 5 nitrogen and oxygen atoms in total. The summed E-state index contributed by atoms with van der Waals surface area (Å²) in [6.45, 7) is 2.67. The van der Waals surface area contributed by atoms with Crippen molar-refractivity contribution in [2.45, 2.75) is 13.3 Å². The number of halogens is 1. The van der Waals surface area contributed by atoms with Crippen LogP contribution >= 0.6 is 11.6 Å². The molecule has 0 aliphatic carbocycles. The highest BCUT2D eigenvalue weighted by molar-refractivity contribution is 6.32. The molecule has 26 heavy (non-hydrogen) atoms. The average Bonchev–Trinajstić information content (AvgIpc) is 2.66. The predicted octanol–water partition coefficient (Wildman–Crippen LogP) is 4.80. The summed E-state index contributed by atoms with van der Waals surface area (Å²) in [6, 6.07) is 10.8. The molecule has 0 saturated heterocycles. The van der Waals surface area contributed by atoms with Gasteiger partial charge in [-0.3, -0.25) is 4.79 Å². The number of methoxy groups -OCH3 is 2. The Labute approximate surface area is 158 Å².